The summed E-state index contributed by atoms with van der Waals surface area (Å²) in [4.78, 5) is 15.3. The van der Waals surface area contributed by atoms with Gasteiger partial charge in [-0.3, -0.25) is 4.79 Å². The number of pyridine rings is 1. The Kier molecular flexibility index (Phi) is 5.85. The summed E-state index contributed by atoms with van der Waals surface area (Å²) in [6, 6.07) is 3.08. The van der Waals surface area contributed by atoms with Gasteiger partial charge in [-0.15, -0.1) is 0 Å². The molecule has 0 saturated carbocycles. The summed E-state index contributed by atoms with van der Waals surface area (Å²) in [7, 11) is 0. The van der Waals surface area contributed by atoms with Crippen molar-refractivity contribution in [2.45, 2.75) is 6.10 Å². The normalized spacial score (nSPS) is 12.2. The van der Waals surface area contributed by atoms with Gasteiger partial charge in [-0.2, -0.15) is 0 Å². The maximum Gasteiger partial charge on any atom is 0.256 e. The van der Waals surface area contributed by atoms with Crippen molar-refractivity contribution in [3.63, 3.8) is 0 Å². The van der Waals surface area contributed by atoms with Crippen molar-refractivity contribution in [2.75, 3.05) is 25.1 Å². The summed E-state index contributed by atoms with van der Waals surface area (Å²) >= 11 is 5.63. The van der Waals surface area contributed by atoms with Gasteiger partial charge in [0.15, 0.2) is 6.10 Å². The second-order valence-corrected chi connectivity index (χ2v) is 3.60. The van der Waals surface area contributed by atoms with E-state index < -0.39 is 12.0 Å². The average molecular weight is 261 g/mol. The maximum absolute atomic E-state index is 11.4. The van der Waals surface area contributed by atoms with Crippen LogP contribution in [0.3, 0.4) is 0 Å². The van der Waals surface area contributed by atoms with Gasteiger partial charge in [0, 0.05) is 6.20 Å². The van der Waals surface area contributed by atoms with Crippen LogP contribution in [0.25, 0.3) is 0 Å². The highest BCUT2D eigenvalue weighted by Gasteiger charge is 2.15. The van der Waals surface area contributed by atoms with Gasteiger partial charge in [0.25, 0.3) is 5.91 Å². The zero-order chi connectivity index (χ0) is 12.7. The SMILES string of the molecule is O=C(Nc1ccc(Cl)cn1)C(O)COCCO. The van der Waals surface area contributed by atoms with Gasteiger partial charge < -0.3 is 20.3 Å². The molecule has 1 unspecified atom stereocenters. The van der Waals surface area contributed by atoms with E-state index in [-0.39, 0.29) is 19.8 Å². The first-order chi connectivity index (χ1) is 8.13. The van der Waals surface area contributed by atoms with Gasteiger partial charge in [-0.25, -0.2) is 4.98 Å². The lowest BCUT2D eigenvalue weighted by Crippen LogP contribution is -2.32. The van der Waals surface area contributed by atoms with E-state index in [1.54, 1.807) is 6.07 Å². The van der Waals surface area contributed by atoms with Crippen molar-refractivity contribution < 1.29 is 19.7 Å². The largest absolute Gasteiger partial charge is 0.394 e. The van der Waals surface area contributed by atoms with Crippen LogP contribution in [0.2, 0.25) is 5.02 Å². The predicted octanol–water partition coefficient (Wildman–Crippen LogP) is 0.0433. The molecule has 7 heteroatoms. The summed E-state index contributed by atoms with van der Waals surface area (Å²) in [5.41, 5.74) is 0. The van der Waals surface area contributed by atoms with Crippen LogP contribution in [-0.2, 0) is 9.53 Å². The standard InChI is InChI=1S/C10H13ClN2O4/c11-7-1-2-9(12-5-7)13-10(16)8(15)6-17-4-3-14/h1-2,5,8,14-15H,3-4,6H2,(H,12,13,16). The van der Waals surface area contributed by atoms with Crippen molar-refractivity contribution in [1.82, 2.24) is 4.98 Å². The van der Waals surface area contributed by atoms with E-state index in [1.165, 1.54) is 12.3 Å². The molecular weight excluding hydrogens is 248 g/mol. The summed E-state index contributed by atoms with van der Waals surface area (Å²) in [5.74, 6) is -0.335. The Labute approximate surface area is 103 Å². The third-order valence-corrected chi connectivity index (χ3v) is 2.02. The van der Waals surface area contributed by atoms with Crippen LogP contribution in [0.4, 0.5) is 5.82 Å². The maximum atomic E-state index is 11.4. The van der Waals surface area contributed by atoms with Crippen LogP contribution in [-0.4, -0.2) is 47.0 Å². The zero-order valence-corrected chi connectivity index (χ0v) is 9.72. The number of carbonyl (C=O) groups excluding carboxylic acids is 1. The number of amides is 1. The molecule has 1 aromatic rings. The zero-order valence-electron chi connectivity index (χ0n) is 8.97. The number of nitrogens with zero attached hydrogens (tertiary/aromatic N) is 1. The van der Waals surface area contributed by atoms with Crippen molar-refractivity contribution in [2.24, 2.45) is 0 Å². The lowest BCUT2D eigenvalue weighted by atomic mass is 10.3. The van der Waals surface area contributed by atoms with Crippen LogP contribution in [0.15, 0.2) is 18.3 Å². The molecule has 0 saturated heterocycles. The van der Waals surface area contributed by atoms with Crippen LogP contribution >= 0.6 is 11.6 Å². The van der Waals surface area contributed by atoms with Crippen molar-refractivity contribution in [3.05, 3.63) is 23.4 Å². The minimum Gasteiger partial charge on any atom is -0.394 e. The van der Waals surface area contributed by atoms with Gasteiger partial charge in [0.1, 0.15) is 5.82 Å². The Bertz CT molecular complexity index is 358. The molecule has 1 heterocycles. The monoisotopic (exact) mass is 260 g/mol. The van der Waals surface area contributed by atoms with Crippen LogP contribution in [0.5, 0.6) is 0 Å². The molecule has 94 valence electrons. The smallest absolute Gasteiger partial charge is 0.256 e. The molecule has 17 heavy (non-hydrogen) atoms. The lowest BCUT2D eigenvalue weighted by Gasteiger charge is -2.10. The fraction of sp³-hybridized carbons (Fsp3) is 0.400. The van der Waals surface area contributed by atoms with Gasteiger partial charge in [-0.05, 0) is 12.1 Å². The second kappa shape index (κ2) is 7.18. The summed E-state index contributed by atoms with van der Waals surface area (Å²) in [5, 5.41) is 20.7. The predicted molar refractivity (Wildman–Crippen MR) is 61.8 cm³/mol. The number of rotatable bonds is 6. The average Bonchev–Trinajstić information content (AvgIpc) is 2.32. The molecule has 1 atom stereocenters. The number of hydrogen-bond acceptors (Lipinski definition) is 5. The molecule has 1 aromatic heterocycles. The molecule has 1 amide bonds. The van der Waals surface area contributed by atoms with Crippen LogP contribution in [0, 0.1) is 0 Å². The fourth-order valence-corrected chi connectivity index (χ4v) is 1.11. The summed E-state index contributed by atoms with van der Waals surface area (Å²) in [6.07, 6.45) is 0.0743. The number of aromatic nitrogens is 1. The molecule has 0 aliphatic carbocycles. The number of anilines is 1. The molecule has 3 N–H and O–H groups in total. The third-order valence-electron chi connectivity index (χ3n) is 1.79. The number of carbonyl (C=O) groups is 1. The molecule has 0 aliphatic rings. The highest BCUT2D eigenvalue weighted by molar-refractivity contribution is 6.30. The van der Waals surface area contributed by atoms with E-state index in [4.69, 9.17) is 21.4 Å². The van der Waals surface area contributed by atoms with E-state index in [0.717, 1.165) is 0 Å². The van der Waals surface area contributed by atoms with Crippen molar-refractivity contribution in [1.29, 1.82) is 0 Å². The Morgan fingerprint density at radius 2 is 2.35 bits per heavy atom. The van der Waals surface area contributed by atoms with Crippen LogP contribution in [0.1, 0.15) is 0 Å². The molecule has 1 rings (SSSR count). The van der Waals surface area contributed by atoms with E-state index in [9.17, 15) is 9.90 Å². The first kappa shape index (κ1) is 13.9. The number of halogens is 1. The Morgan fingerprint density at radius 1 is 1.59 bits per heavy atom. The quantitative estimate of drug-likeness (QED) is 0.629. The molecule has 0 aromatic carbocycles. The highest BCUT2D eigenvalue weighted by atomic mass is 35.5. The molecule has 0 spiro atoms. The number of nitrogens with one attached hydrogen (secondary N) is 1. The second-order valence-electron chi connectivity index (χ2n) is 3.17. The van der Waals surface area contributed by atoms with E-state index in [1.807, 2.05) is 0 Å². The van der Waals surface area contributed by atoms with Crippen LogP contribution < -0.4 is 5.32 Å². The van der Waals surface area contributed by atoms with E-state index in [2.05, 4.69) is 10.3 Å². The Hall–Kier alpha value is -1.21. The minimum atomic E-state index is -1.31. The van der Waals surface area contributed by atoms with Gasteiger partial charge in [0.05, 0.1) is 24.8 Å². The van der Waals surface area contributed by atoms with Crippen molar-refractivity contribution in [3.8, 4) is 0 Å². The Morgan fingerprint density at radius 3 is 2.94 bits per heavy atom. The number of aliphatic hydroxyl groups excluding tert-OH is 2. The van der Waals surface area contributed by atoms with Gasteiger partial charge in [-0.1, -0.05) is 11.6 Å². The lowest BCUT2D eigenvalue weighted by molar-refractivity contribution is -0.127. The third kappa shape index (κ3) is 5.10. The molecule has 0 bridgehead atoms. The molecular formula is C10H13ClN2O4. The van der Waals surface area contributed by atoms with E-state index in [0.29, 0.717) is 10.8 Å². The summed E-state index contributed by atoms with van der Waals surface area (Å²) in [6.45, 7) is -0.267. The Balaban J connectivity index is 2.40. The highest BCUT2D eigenvalue weighted by Crippen LogP contribution is 2.09. The van der Waals surface area contributed by atoms with E-state index >= 15 is 0 Å². The molecule has 0 aliphatic heterocycles. The number of hydrogen-bond donors (Lipinski definition) is 3. The molecule has 0 fully saturated rings. The first-order valence-corrected chi connectivity index (χ1v) is 5.30. The van der Waals surface area contributed by atoms with Gasteiger partial charge >= 0.3 is 0 Å². The summed E-state index contributed by atoms with van der Waals surface area (Å²) < 4.78 is 4.82. The number of aliphatic hydroxyl groups is 2. The first-order valence-electron chi connectivity index (χ1n) is 4.92. The fourth-order valence-electron chi connectivity index (χ4n) is 0.994. The van der Waals surface area contributed by atoms with Gasteiger partial charge in [0.2, 0.25) is 0 Å². The molecule has 6 nitrogen and oxygen atoms in total. The van der Waals surface area contributed by atoms with Crippen molar-refractivity contribution >= 4 is 23.3 Å². The number of ether oxygens (including phenoxy) is 1. The molecule has 0 radical (unpaired) electrons. The minimum absolute atomic E-state index is 0.0730. The topological polar surface area (TPSA) is 91.7 Å².